The smallest absolute Gasteiger partial charge is 0.414 e. The Morgan fingerprint density at radius 1 is 0.606 bits per heavy atom. The van der Waals surface area contributed by atoms with Crippen molar-refractivity contribution in [1.82, 2.24) is 0 Å². The predicted octanol–water partition coefficient (Wildman–Crippen LogP) is 7.57. The van der Waals surface area contributed by atoms with E-state index >= 15 is 0 Å². The first-order valence-electron chi connectivity index (χ1n) is 9.98. The number of anilines is 1. The van der Waals surface area contributed by atoms with E-state index in [1.165, 1.54) is 72.8 Å². The minimum Gasteiger partial charge on any atom is -0.414 e. The van der Waals surface area contributed by atoms with Crippen LogP contribution >= 0.6 is 7.60 Å². The second kappa shape index (κ2) is 9.84. The molecule has 0 saturated heterocycles. The Balaban J connectivity index is 1.78. The molecule has 1 unspecified atom stereocenters. The van der Waals surface area contributed by atoms with Gasteiger partial charge < -0.3 is 14.4 Å². The fourth-order valence-corrected chi connectivity index (χ4v) is 5.02. The molecule has 0 radical (unpaired) electrons. The zero-order valence-electron chi connectivity index (χ0n) is 17.2. The Kier molecular flexibility index (Phi) is 6.71. The minimum absolute atomic E-state index is 0.115. The fourth-order valence-electron chi connectivity index (χ4n) is 3.09. The van der Waals surface area contributed by atoms with Gasteiger partial charge in [-0.1, -0.05) is 30.3 Å². The van der Waals surface area contributed by atoms with Gasteiger partial charge in [-0.15, -0.1) is 0 Å². The summed E-state index contributed by atoms with van der Waals surface area (Å²) in [6.07, 6.45) is 0. The molecule has 0 aliphatic heterocycles. The third-order valence-electron chi connectivity index (χ3n) is 4.67. The van der Waals surface area contributed by atoms with E-state index in [0.29, 0.717) is 11.3 Å². The molecule has 4 rings (SSSR count). The van der Waals surface area contributed by atoms with E-state index in [9.17, 15) is 17.7 Å². The van der Waals surface area contributed by atoms with Crippen LogP contribution in [-0.4, -0.2) is 0 Å². The fraction of sp³-hybridized carbons (Fsp3) is 0.0400. The van der Waals surface area contributed by atoms with Crippen LogP contribution in [0.1, 0.15) is 11.3 Å². The van der Waals surface area contributed by atoms with Crippen molar-refractivity contribution in [3.63, 3.8) is 0 Å². The summed E-state index contributed by atoms with van der Waals surface area (Å²) in [6, 6.07) is 24.3. The number of hydrogen-bond donors (Lipinski definition) is 1. The van der Waals surface area contributed by atoms with Crippen LogP contribution in [0.3, 0.4) is 0 Å². The zero-order chi connectivity index (χ0) is 23.3. The monoisotopic (exact) mass is 469 g/mol. The van der Waals surface area contributed by atoms with Gasteiger partial charge in [0, 0.05) is 5.69 Å². The largest absolute Gasteiger partial charge is 0.457 e. The molecule has 168 valence electrons. The topological polar surface area (TPSA) is 47.6 Å². The lowest BCUT2D eigenvalue weighted by Crippen LogP contribution is -2.18. The van der Waals surface area contributed by atoms with Crippen LogP contribution in [0, 0.1) is 17.5 Å². The quantitative estimate of drug-likeness (QED) is 0.271. The molecule has 0 fully saturated rings. The molecule has 0 aromatic heterocycles. The highest BCUT2D eigenvalue weighted by Crippen LogP contribution is 2.60. The molecule has 0 aliphatic rings. The molecule has 1 N–H and O–H groups in total. The third kappa shape index (κ3) is 5.76. The number of benzene rings is 4. The zero-order valence-corrected chi connectivity index (χ0v) is 18.1. The summed E-state index contributed by atoms with van der Waals surface area (Å²) in [6.45, 7) is 0. The van der Waals surface area contributed by atoms with Crippen LogP contribution in [0.15, 0.2) is 103 Å². The Morgan fingerprint density at radius 2 is 1.03 bits per heavy atom. The average Bonchev–Trinajstić information content (AvgIpc) is 2.82. The molecular formula is C25H19F3NO3P. The summed E-state index contributed by atoms with van der Waals surface area (Å²) in [5.41, 5.74) is 1.03. The number of halogens is 3. The van der Waals surface area contributed by atoms with Crippen LogP contribution in [0.2, 0.25) is 0 Å². The van der Waals surface area contributed by atoms with Crippen LogP contribution in [-0.2, 0) is 4.57 Å². The minimum atomic E-state index is -4.15. The van der Waals surface area contributed by atoms with Gasteiger partial charge in [0.1, 0.15) is 29.0 Å². The van der Waals surface area contributed by atoms with E-state index in [2.05, 4.69) is 5.32 Å². The predicted molar refractivity (Wildman–Crippen MR) is 121 cm³/mol. The Bertz CT molecular complexity index is 1180. The second-order valence-corrected chi connectivity index (χ2v) is 9.06. The van der Waals surface area contributed by atoms with Gasteiger partial charge in [0.2, 0.25) is 0 Å². The van der Waals surface area contributed by atoms with E-state index in [1.54, 1.807) is 30.3 Å². The molecule has 0 heterocycles. The van der Waals surface area contributed by atoms with E-state index in [1.807, 2.05) is 0 Å². The van der Waals surface area contributed by atoms with Crippen molar-refractivity contribution in [2.45, 2.75) is 5.78 Å². The maximum atomic E-state index is 14.3. The molecule has 0 saturated carbocycles. The van der Waals surface area contributed by atoms with E-state index in [-0.39, 0.29) is 11.5 Å². The normalized spacial score (nSPS) is 12.1. The first kappa shape index (κ1) is 22.5. The van der Waals surface area contributed by atoms with Crippen molar-refractivity contribution in [2.24, 2.45) is 0 Å². The van der Waals surface area contributed by atoms with E-state index in [0.717, 1.165) is 0 Å². The highest BCUT2D eigenvalue weighted by Gasteiger charge is 2.41. The molecule has 0 aliphatic carbocycles. The lowest BCUT2D eigenvalue weighted by molar-refractivity contribution is 0.375. The maximum Gasteiger partial charge on any atom is 0.457 e. The third-order valence-corrected chi connectivity index (χ3v) is 6.66. The number of rotatable bonds is 8. The molecule has 0 amide bonds. The molecule has 4 aromatic rings. The van der Waals surface area contributed by atoms with Gasteiger partial charge in [0.15, 0.2) is 5.78 Å². The molecule has 0 spiro atoms. The molecule has 0 bridgehead atoms. The number of hydrogen-bond acceptors (Lipinski definition) is 4. The molecule has 33 heavy (non-hydrogen) atoms. The summed E-state index contributed by atoms with van der Waals surface area (Å²) in [5, 5.41) is 3.10. The summed E-state index contributed by atoms with van der Waals surface area (Å²) in [4.78, 5) is 0. The average molecular weight is 469 g/mol. The lowest BCUT2D eigenvalue weighted by atomic mass is 10.2. The second-order valence-electron chi connectivity index (χ2n) is 7.09. The van der Waals surface area contributed by atoms with Crippen molar-refractivity contribution in [1.29, 1.82) is 0 Å². The van der Waals surface area contributed by atoms with Gasteiger partial charge in [0.25, 0.3) is 0 Å². The van der Waals surface area contributed by atoms with Crippen LogP contribution < -0.4 is 14.4 Å². The van der Waals surface area contributed by atoms with Crippen LogP contribution in [0.25, 0.3) is 0 Å². The van der Waals surface area contributed by atoms with Crippen LogP contribution in [0.4, 0.5) is 18.9 Å². The van der Waals surface area contributed by atoms with Crippen molar-refractivity contribution >= 4 is 13.3 Å². The summed E-state index contributed by atoms with van der Waals surface area (Å²) in [7, 11) is -4.15. The molecule has 4 aromatic carbocycles. The van der Waals surface area contributed by atoms with E-state index < -0.39 is 30.8 Å². The Morgan fingerprint density at radius 3 is 1.48 bits per heavy atom. The highest BCUT2D eigenvalue weighted by atomic mass is 31.2. The van der Waals surface area contributed by atoms with Gasteiger partial charge in [-0.2, -0.15) is 0 Å². The molecule has 1 atom stereocenters. The summed E-state index contributed by atoms with van der Waals surface area (Å²) < 4.78 is 66.3. The van der Waals surface area contributed by atoms with Gasteiger partial charge in [-0.25, -0.2) is 17.7 Å². The van der Waals surface area contributed by atoms with Gasteiger partial charge in [-0.3, -0.25) is 0 Å². The lowest BCUT2D eigenvalue weighted by Gasteiger charge is -2.29. The highest BCUT2D eigenvalue weighted by molar-refractivity contribution is 7.55. The van der Waals surface area contributed by atoms with Gasteiger partial charge in [-0.05, 0) is 78.4 Å². The molecule has 4 nitrogen and oxygen atoms in total. The first-order valence-corrected chi connectivity index (χ1v) is 11.6. The molecular weight excluding hydrogens is 450 g/mol. The standard InChI is InChI=1S/C25H19F3NO3P/c26-19-6-12-22(13-7-19)29-25(18-4-2-1-3-5-18)33(30,31-23-14-8-20(27)9-15-23)32-24-16-10-21(28)11-17-24/h1-17,25,29H. The Hall–Kier alpha value is -3.70. The SMILES string of the molecule is O=P(Oc1ccc(F)cc1)(Oc1ccc(F)cc1)C(Nc1ccc(F)cc1)c1ccccc1. The first-order chi connectivity index (χ1) is 15.9. The van der Waals surface area contributed by atoms with E-state index in [4.69, 9.17) is 9.05 Å². The summed E-state index contributed by atoms with van der Waals surface area (Å²) in [5.74, 6) is -2.21. The van der Waals surface area contributed by atoms with Crippen LogP contribution in [0.5, 0.6) is 11.5 Å². The van der Waals surface area contributed by atoms with Gasteiger partial charge >= 0.3 is 7.60 Å². The van der Waals surface area contributed by atoms with Crippen molar-refractivity contribution < 1.29 is 26.8 Å². The van der Waals surface area contributed by atoms with Gasteiger partial charge in [0.05, 0.1) is 0 Å². The number of nitrogens with one attached hydrogen (secondary N) is 1. The van der Waals surface area contributed by atoms with Crippen molar-refractivity contribution in [2.75, 3.05) is 5.32 Å². The summed E-state index contributed by atoms with van der Waals surface area (Å²) >= 11 is 0. The Labute approximate surface area is 189 Å². The van der Waals surface area contributed by atoms with Crippen molar-refractivity contribution in [3.8, 4) is 11.5 Å². The van der Waals surface area contributed by atoms with Crippen molar-refractivity contribution in [3.05, 3.63) is 126 Å². The molecule has 8 heteroatoms. The maximum absolute atomic E-state index is 14.3.